The fourth-order valence-corrected chi connectivity index (χ4v) is 1.33. The van der Waals surface area contributed by atoms with E-state index in [-0.39, 0.29) is 24.4 Å². The molecule has 0 radical (unpaired) electrons. The number of nitrogens with one attached hydrogen (secondary N) is 1. The predicted molar refractivity (Wildman–Crippen MR) is 59.7 cm³/mol. The van der Waals surface area contributed by atoms with Crippen LogP contribution in [0.25, 0.3) is 0 Å². The monoisotopic (exact) mass is 243 g/mol. The van der Waals surface area contributed by atoms with E-state index in [1.807, 2.05) is 0 Å². The summed E-state index contributed by atoms with van der Waals surface area (Å²) in [7, 11) is 1.45. The highest BCUT2D eigenvalue weighted by atomic mass is 19.1. The Morgan fingerprint density at radius 1 is 1.59 bits per heavy atom. The third-order valence-electron chi connectivity index (χ3n) is 2.10. The number of hydrogen-bond donors (Lipinski definition) is 3. The molecule has 0 aromatic heterocycles. The number of ether oxygens (including phenoxy) is 1. The summed E-state index contributed by atoms with van der Waals surface area (Å²) in [5.41, 5.74) is 0.0867. The summed E-state index contributed by atoms with van der Waals surface area (Å²) in [6, 6.07) is 3.39. The molecule has 1 rings (SSSR count). The SMILES string of the molecule is COCC(O)CNc1ccc(F)cc1C(=O)O. The molecule has 5 nitrogen and oxygen atoms in total. The van der Waals surface area contributed by atoms with Crippen molar-refractivity contribution in [2.75, 3.05) is 25.6 Å². The van der Waals surface area contributed by atoms with Crippen molar-refractivity contribution in [3.05, 3.63) is 29.6 Å². The second kappa shape index (κ2) is 6.17. The van der Waals surface area contributed by atoms with Crippen LogP contribution >= 0.6 is 0 Å². The zero-order valence-corrected chi connectivity index (χ0v) is 9.31. The number of aromatic carboxylic acids is 1. The Hall–Kier alpha value is -1.66. The van der Waals surface area contributed by atoms with Gasteiger partial charge in [0.1, 0.15) is 5.82 Å². The summed E-state index contributed by atoms with van der Waals surface area (Å²) in [6.45, 7) is 0.260. The molecule has 0 spiro atoms. The van der Waals surface area contributed by atoms with Gasteiger partial charge in [-0.05, 0) is 18.2 Å². The molecule has 0 heterocycles. The molecule has 6 heteroatoms. The Balaban J connectivity index is 2.73. The molecule has 0 amide bonds. The number of aliphatic hydroxyl groups excluding tert-OH is 1. The Morgan fingerprint density at radius 3 is 2.88 bits per heavy atom. The minimum atomic E-state index is -1.23. The number of aliphatic hydroxyl groups is 1. The lowest BCUT2D eigenvalue weighted by atomic mass is 10.1. The largest absolute Gasteiger partial charge is 0.478 e. The fourth-order valence-electron chi connectivity index (χ4n) is 1.33. The number of carboxylic acids is 1. The topological polar surface area (TPSA) is 78.8 Å². The minimum Gasteiger partial charge on any atom is -0.478 e. The van der Waals surface area contributed by atoms with Gasteiger partial charge in [-0.15, -0.1) is 0 Å². The highest BCUT2D eigenvalue weighted by Crippen LogP contribution is 2.17. The standard InChI is InChI=1S/C11H14FNO4/c1-17-6-8(14)5-13-10-3-2-7(12)4-9(10)11(15)16/h2-4,8,13-14H,5-6H2,1H3,(H,15,16). The lowest BCUT2D eigenvalue weighted by Crippen LogP contribution is -2.24. The smallest absolute Gasteiger partial charge is 0.337 e. The van der Waals surface area contributed by atoms with Crippen molar-refractivity contribution < 1.29 is 24.1 Å². The summed E-state index contributed by atoms with van der Waals surface area (Å²) in [5, 5.41) is 21.0. The summed E-state index contributed by atoms with van der Waals surface area (Å²) < 4.78 is 17.6. The average Bonchev–Trinajstić information content (AvgIpc) is 2.27. The molecule has 17 heavy (non-hydrogen) atoms. The Bertz CT molecular complexity index is 397. The minimum absolute atomic E-state index is 0.125. The lowest BCUT2D eigenvalue weighted by Gasteiger charge is -2.13. The van der Waals surface area contributed by atoms with Crippen molar-refractivity contribution in [2.24, 2.45) is 0 Å². The van der Waals surface area contributed by atoms with Gasteiger partial charge in [-0.1, -0.05) is 0 Å². The van der Waals surface area contributed by atoms with Crippen LogP contribution in [0.5, 0.6) is 0 Å². The van der Waals surface area contributed by atoms with Gasteiger partial charge in [0, 0.05) is 19.3 Å². The third-order valence-corrected chi connectivity index (χ3v) is 2.10. The van der Waals surface area contributed by atoms with Crippen molar-refractivity contribution in [3.63, 3.8) is 0 Å². The number of hydrogen-bond acceptors (Lipinski definition) is 4. The first-order valence-electron chi connectivity index (χ1n) is 4.98. The first-order chi connectivity index (χ1) is 8.04. The highest BCUT2D eigenvalue weighted by molar-refractivity contribution is 5.94. The summed E-state index contributed by atoms with van der Waals surface area (Å²) in [4.78, 5) is 10.9. The van der Waals surface area contributed by atoms with Crippen molar-refractivity contribution in [1.29, 1.82) is 0 Å². The number of methoxy groups -OCH3 is 1. The fraction of sp³-hybridized carbons (Fsp3) is 0.364. The van der Waals surface area contributed by atoms with Gasteiger partial charge in [0.15, 0.2) is 0 Å². The molecule has 0 saturated heterocycles. The molecule has 1 aromatic rings. The van der Waals surface area contributed by atoms with Crippen LogP contribution in [-0.4, -0.2) is 42.5 Å². The number of benzene rings is 1. The van der Waals surface area contributed by atoms with Crippen LogP contribution in [0.15, 0.2) is 18.2 Å². The maximum atomic E-state index is 12.9. The van der Waals surface area contributed by atoms with Crippen molar-refractivity contribution in [1.82, 2.24) is 0 Å². The van der Waals surface area contributed by atoms with Crippen LogP contribution in [0.2, 0.25) is 0 Å². The number of carboxylic acid groups (broad SMARTS) is 1. The van der Waals surface area contributed by atoms with Gasteiger partial charge in [0.05, 0.1) is 18.3 Å². The van der Waals surface area contributed by atoms with E-state index in [9.17, 15) is 14.3 Å². The van der Waals surface area contributed by atoms with E-state index in [1.54, 1.807) is 0 Å². The van der Waals surface area contributed by atoms with E-state index in [2.05, 4.69) is 5.32 Å². The van der Waals surface area contributed by atoms with Crippen molar-refractivity contribution in [2.45, 2.75) is 6.10 Å². The molecule has 1 atom stereocenters. The molecular weight excluding hydrogens is 229 g/mol. The second-order valence-electron chi connectivity index (χ2n) is 3.49. The summed E-state index contributed by atoms with van der Waals surface area (Å²) in [6.07, 6.45) is -0.758. The van der Waals surface area contributed by atoms with Gasteiger partial charge >= 0.3 is 5.97 Å². The molecule has 1 unspecified atom stereocenters. The van der Waals surface area contributed by atoms with Crippen LogP contribution in [0.1, 0.15) is 10.4 Å². The zero-order valence-electron chi connectivity index (χ0n) is 9.31. The number of halogens is 1. The van der Waals surface area contributed by atoms with E-state index in [1.165, 1.54) is 13.2 Å². The second-order valence-corrected chi connectivity index (χ2v) is 3.49. The molecule has 94 valence electrons. The van der Waals surface area contributed by atoms with Crippen LogP contribution in [0.4, 0.5) is 10.1 Å². The summed E-state index contributed by atoms with van der Waals surface area (Å²) >= 11 is 0. The van der Waals surface area contributed by atoms with Crippen molar-refractivity contribution >= 4 is 11.7 Å². The molecule has 0 aliphatic heterocycles. The average molecular weight is 243 g/mol. The lowest BCUT2D eigenvalue weighted by molar-refractivity contribution is 0.0693. The number of anilines is 1. The Kier molecular flexibility index (Phi) is 4.86. The van der Waals surface area contributed by atoms with Gasteiger partial charge in [-0.25, -0.2) is 9.18 Å². The van der Waals surface area contributed by atoms with Gasteiger partial charge in [0.2, 0.25) is 0 Å². The molecule has 0 aliphatic carbocycles. The summed E-state index contributed by atoms with van der Waals surface area (Å²) in [5.74, 6) is -1.85. The Labute approximate surface area is 97.8 Å². The van der Waals surface area contributed by atoms with Gasteiger partial charge in [0.25, 0.3) is 0 Å². The molecule has 0 aliphatic rings. The molecule has 0 saturated carbocycles. The first kappa shape index (κ1) is 13.4. The van der Waals surface area contributed by atoms with Gasteiger partial charge in [-0.2, -0.15) is 0 Å². The van der Waals surface area contributed by atoms with E-state index >= 15 is 0 Å². The third kappa shape index (κ3) is 4.01. The van der Waals surface area contributed by atoms with E-state index in [4.69, 9.17) is 9.84 Å². The van der Waals surface area contributed by atoms with Gasteiger partial charge < -0.3 is 20.3 Å². The zero-order chi connectivity index (χ0) is 12.8. The normalized spacial score (nSPS) is 12.2. The van der Waals surface area contributed by atoms with E-state index in [0.717, 1.165) is 12.1 Å². The van der Waals surface area contributed by atoms with Crippen LogP contribution in [0, 0.1) is 5.82 Å². The van der Waals surface area contributed by atoms with Gasteiger partial charge in [-0.3, -0.25) is 0 Å². The maximum Gasteiger partial charge on any atom is 0.337 e. The van der Waals surface area contributed by atoms with E-state index in [0.29, 0.717) is 0 Å². The van der Waals surface area contributed by atoms with Crippen LogP contribution in [0.3, 0.4) is 0 Å². The molecule has 0 bridgehead atoms. The predicted octanol–water partition coefficient (Wildman–Crippen LogP) is 0.943. The molecule has 1 aromatic carbocycles. The van der Waals surface area contributed by atoms with Crippen LogP contribution in [-0.2, 0) is 4.74 Å². The molecular formula is C11H14FNO4. The first-order valence-corrected chi connectivity index (χ1v) is 4.98. The number of rotatable bonds is 6. The molecule has 3 N–H and O–H groups in total. The Morgan fingerprint density at radius 2 is 2.29 bits per heavy atom. The van der Waals surface area contributed by atoms with Crippen molar-refractivity contribution in [3.8, 4) is 0 Å². The number of carbonyl (C=O) groups is 1. The maximum absolute atomic E-state index is 12.9. The molecule has 0 fully saturated rings. The highest BCUT2D eigenvalue weighted by Gasteiger charge is 2.12. The van der Waals surface area contributed by atoms with E-state index < -0.39 is 17.9 Å². The van der Waals surface area contributed by atoms with Crippen LogP contribution < -0.4 is 5.32 Å². The quantitative estimate of drug-likeness (QED) is 0.693.